The second kappa shape index (κ2) is 12.2. The monoisotopic (exact) mass is 649 g/mol. The summed E-state index contributed by atoms with van der Waals surface area (Å²) in [7, 11) is 3.15. The van der Waals surface area contributed by atoms with Crippen LogP contribution in [0.15, 0.2) is 53.3 Å². The summed E-state index contributed by atoms with van der Waals surface area (Å²) < 4.78 is 19.0. The van der Waals surface area contributed by atoms with E-state index in [0.29, 0.717) is 50.6 Å². The van der Waals surface area contributed by atoms with Crippen LogP contribution in [0.1, 0.15) is 66.1 Å². The predicted octanol–water partition coefficient (Wildman–Crippen LogP) is 7.46. The number of carbonyl (C=O) groups is 2. The van der Waals surface area contributed by atoms with Crippen molar-refractivity contribution in [3.8, 4) is 22.4 Å². The van der Waals surface area contributed by atoms with E-state index in [0.717, 1.165) is 55.4 Å². The van der Waals surface area contributed by atoms with Gasteiger partial charge in [-0.3, -0.25) is 4.68 Å². The highest BCUT2D eigenvalue weighted by molar-refractivity contribution is 6.39. The highest BCUT2D eigenvalue weighted by Crippen LogP contribution is 2.46. The Kier molecular flexibility index (Phi) is 8.05. The van der Waals surface area contributed by atoms with Gasteiger partial charge in [-0.25, -0.2) is 9.59 Å². The molecule has 234 valence electrons. The van der Waals surface area contributed by atoms with Crippen molar-refractivity contribution in [3.63, 3.8) is 0 Å². The number of methoxy groups -OCH3 is 1. The number of urea groups is 1. The highest BCUT2D eigenvalue weighted by atomic mass is 35.5. The number of aryl methyl sites for hydroxylation is 1. The number of fused-ring (bicyclic) bond motifs is 2. The first-order chi connectivity index (χ1) is 21.8. The maximum absolute atomic E-state index is 13.6. The summed E-state index contributed by atoms with van der Waals surface area (Å²) in [6, 6.07) is 10.5. The van der Waals surface area contributed by atoms with Gasteiger partial charge in [0.25, 0.3) is 0 Å². The Hall–Kier alpha value is -3.86. The molecule has 3 aliphatic rings. The number of piperidine rings is 1. The molecule has 3 fully saturated rings. The van der Waals surface area contributed by atoms with Gasteiger partial charge in [0.15, 0.2) is 0 Å². The minimum Gasteiger partial charge on any atom is -0.465 e. The van der Waals surface area contributed by atoms with Gasteiger partial charge >= 0.3 is 12.0 Å². The number of halogens is 2. The van der Waals surface area contributed by atoms with E-state index in [9.17, 15) is 9.59 Å². The molecule has 12 heteroatoms. The summed E-state index contributed by atoms with van der Waals surface area (Å²) in [6.07, 6.45) is 8.91. The molecule has 4 aromatic rings. The molecule has 2 atom stereocenters. The maximum atomic E-state index is 13.6. The Morgan fingerprint density at radius 2 is 1.80 bits per heavy atom. The zero-order valence-corrected chi connectivity index (χ0v) is 26.5. The quantitative estimate of drug-likeness (QED) is 0.197. The van der Waals surface area contributed by atoms with Crippen LogP contribution in [0.2, 0.25) is 10.0 Å². The number of rotatable bonds is 8. The summed E-state index contributed by atoms with van der Waals surface area (Å²) in [4.78, 5) is 28.0. The second-order valence-electron chi connectivity index (χ2n) is 12.0. The summed E-state index contributed by atoms with van der Waals surface area (Å²) in [5.74, 6) is 0.738. The van der Waals surface area contributed by atoms with Crippen molar-refractivity contribution >= 4 is 40.9 Å². The minimum absolute atomic E-state index is 0.0143. The Morgan fingerprint density at radius 3 is 2.44 bits per heavy atom. The predicted molar refractivity (Wildman–Crippen MR) is 169 cm³/mol. The zero-order chi connectivity index (χ0) is 31.2. The lowest BCUT2D eigenvalue weighted by Gasteiger charge is -2.38. The first kappa shape index (κ1) is 29.8. The molecule has 2 amide bonds. The largest absolute Gasteiger partial charge is 0.465 e. The molecule has 2 aromatic heterocycles. The number of hydrogen-bond donors (Lipinski definition) is 1. The number of benzene rings is 2. The fourth-order valence-corrected chi connectivity index (χ4v) is 7.32. The van der Waals surface area contributed by atoms with E-state index in [1.807, 2.05) is 24.2 Å². The molecule has 2 saturated heterocycles. The van der Waals surface area contributed by atoms with Crippen molar-refractivity contribution in [2.24, 2.45) is 7.05 Å². The molecule has 0 spiro atoms. The van der Waals surface area contributed by atoms with Crippen LogP contribution in [0.5, 0.6) is 0 Å². The molecular weight excluding hydrogens is 617 g/mol. The van der Waals surface area contributed by atoms with Gasteiger partial charge in [-0.05, 0) is 68.9 Å². The van der Waals surface area contributed by atoms with Crippen LogP contribution >= 0.6 is 23.2 Å². The molecule has 1 N–H and O–H groups in total. The van der Waals surface area contributed by atoms with E-state index < -0.39 is 5.97 Å². The third-order valence-corrected chi connectivity index (χ3v) is 9.68. The molecule has 45 heavy (non-hydrogen) atoms. The Morgan fingerprint density at radius 1 is 1.07 bits per heavy atom. The van der Waals surface area contributed by atoms with E-state index in [2.05, 4.69) is 15.6 Å². The average Bonchev–Trinajstić information content (AvgIpc) is 3.54. The molecule has 7 rings (SSSR count). The molecule has 1 saturated carbocycles. The summed E-state index contributed by atoms with van der Waals surface area (Å²) in [6.45, 7) is 0.339. The van der Waals surface area contributed by atoms with Crippen molar-refractivity contribution in [2.45, 2.75) is 69.2 Å². The van der Waals surface area contributed by atoms with Gasteiger partial charge < -0.3 is 24.2 Å². The van der Waals surface area contributed by atoms with Crippen molar-refractivity contribution < 1.29 is 23.6 Å². The van der Waals surface area contributed by atoms with Crippen LogP contribution in [-0.2, 0) is 23.1 Å². The normalized spacial score (nSPS) is 20.8. The first-order valence-electron chi connectivity index (χ1n) is 15.2. The Balaban J connectivity index is 1.05. The molecule has 0 radical (unpaired) electrons. The van der Waals surface area contributed by atoms with Crippen molar-refractivity contribution in [1.82, 2.24) is 19.8 Å². The second-order valence-corrected chi connectivity index (χ2v) is 12.8. The van der Waals surface area contributed by atoms with E-state index in [-0.39, 0.29) is 24.2 Å². The van der Waals surface area contributed by atoms with E-state index in [1.54, 1.807) is 41.2 Å². The number of aromatic nitrogens is 3. The highest BCUT2D eigenvalue weighted by Gasteiger charge is 2.44. The van der Waals surface area contributed by atoms with Crippen LogP contribution in [-0.4, -0.2) is 57.1 Å². The number of nitrogens with one attached hydrogen (secondary N) is 1. The molecule has 10 nitrogen and oxygen atoms in total. The summed E-state index contributed by atoms with van der Waals surface area (Å²) in [5.41, 5.74) is 4.59. The molecular formula is C33H33Cl2N5O5. The number of amides is 2. The standard InChI is InChI=1S/C33H33Cl2N5O5/c1-39-16-19(15-36-39)25-12-20(8-11-24(25)32(41)43-2)37-33(42)40-21-9-10-22(40)14-23(13-21)44-17-26-30(38-45-31(26)18-6-7-18)29-27(34)4-3-5-28(29)35/h3-5,8,11-12,15-16,18,21-23H,6-7,9-10,13-14,17H2,1-2H3,(H,37,42). The molecule has 2 unspecified atom stereocenters. The summed E-state index contributed by atoms with van der Waals surface area (Å²) in [5, 5.41) is 12.7. The minimum atomic E-state index is -0.454. The average molecular weight is 651 g/mol. The molecule has 2 aliphatic heterocycles. The van der Waals surface area contributed by atoms with Gasteiger partial charge in [0.05, 0.1) is 41.6 Å². The first-order valence-corrected chi connectivity index (χ1v) is 15.9. The SMILES string of the molecule is COC(=O)c1ccc(NC(=O)N2C3CCC2CC(OCc2c(-c4c(Cl)cccc4Cl)noc2C2CC2)C3)cc1-c1cnn(C)c1. The number of ether oxygens (including phenoxy) is 2. The Labute approximate surface area is 270 Å². The third kappa shape index (κ3) is 5.82. The maximum Gasteiger partial charge on any atom is 0.338 e. The molecule has 2 bridgehead atoms. The van der Waals surface area contributed by atoms with Gasteiger partial charge in [-0.15, -0.1) is 0 Å². The van der Waals surface area contributed by atoms with Crippen molar-refractivity contribution in [1.29, 1.82) is 0 Å². The fourth-order valence-electron chi connectivity index (χ4n) is 6.74. The summed E-state index contributed by atoms with van der Waals surface area (Å²) >= 11 is 13.1. The third-order valence-electron chi connectivity index (χ3n) is 9.05. The fraction of sp³-hybridized carbons (Fsp3) is 0.394. The smallest absolute Gasteiger partial charge is 0.338 e. The molecule has 1 aliphatic carbocycles. The lowest BCUT2D eigenvalue weighted by atomic mass is 9.99. The van der Waals surface area contributed by atoms with E-state index in [1.165, 1.54) is 7.11 Å². The topological polar surface area (TPSA) is 112 Å². The van der Waals surface area contributed by atoms with Crippen LogP contribution < -0.4 is 5.32 Å². The van der Waals surface area contributed by atoms with Crippen LogP contribution in [0.4, 0.5) is 10.5 Å². The van der Waals surface area contributed by atoms with Gasteiger partial charge in [-0.2, -0.15) is 5.10 Å². The van der Waals surface area contributed by atoms with Gasteiger partial charge in [0.2, 0.25) is 0 Å². The van der Waals surface area contributed by atoms with Crippen LogP contribution in [0.3, 0.4) is 0 Å². The number of esters is 1. The van der Waals surface area contributed by atoms with Gasteiger partial charge in [0, 0.05) is 59.2 Å². The van der Waals surface area contributed by atoms with E-state index in [4.69, 9.17) is 37.2 Å². The number of hydrogen-bond acceptors (Lipinski definition) is 7. The molecule has 2 aromatic carbocycles. The van der Waals surface area contributed by atoms with Crippen molar-refractivity contribution in [2.75, 3.05) is 12.4 Å². The van der Waals surface area contributed by atoms with Crippen LogP contribution in [0, 0.1) is 0 Å². The number of nitrogens with zero attached hydrogens (tertiary/aromatic N) is 4. The van der Waals surface area contributed by atoms with Crippen molar-refractivity contribution in [3.05, 3.63) is 75.7 Å². The molecule has 4 heterocycles. The zero-order valence-electron chi connectivity index (χ0n) is 25.0. The lowest BCUT2D eigenvalue weighted by Crippen LogP contribution is -2.50. The lowest BCUT2D eigenvalue weighted by molar-refractivity contribution is -0.0158. The van der Waals surface area contributed by atoms with Gasteiger partial charge in [-0.1, -0.05) is 34.4 Å². The number of carbonyl (C=O) groups excluding carboxylic acids is 2. The number of anilines is 1. The van der Waals surface area contributed by atoms with E-state index >= 15 is 0 Å². The van der Waals surface area contributed by atoms with Crippen LogP contribution in [0.25, 0.3) is 22.4 Å². The Bertz CT molecular complexity index is 1730. The van der Waals surface area contributed by atoms with Gasteiger partial charge in [0.1, 0.15) is 11.5 Å².